The molecule has 2 N–H and O–H groups in total. The minimum absolute atomic E-state index is 0.587. The van der Waals surface area contributed by atoms with Gasteiger partial charge in [-0.2, -0.15) is 5.10 Å². The van der Waals surface area contributed by atoms with Crippen molar-refractivity contribution in [2.75, 3.05) is 13.2 Å². The summed E-state index contributed by atoms with van der Waals surface area (Å²) in [5, 5.41) is 4.47. The van der Waals surface area contributed by atoms with Gasteiger partial charge in [0, 0.05) is 12.1 Å². The van der Waals surface area contributed by atoms with Crippen LogP contribution in [-0.2, 0) is 6.54 Å². The summed E-state index contributed by atoms with van der Waals surface area (Å²) in [6, 6.07) is 8.31. The average molecular weight is 259 g/mol. The Bertz CT molecular complexity index is 561. The van der Waals surface area contributed by atoms with Crippen molar-refractivity contribution >= 4 is 0 Å². The first-order valence-corrected chi connectivity index (χ1v) is 6.64. The Morgan fingerprint density at radius 1 is 1.26 bits per heavy atom. The quantitative estimate of drug-likeness (QED) is 0.897. The van der Waals surface area contributed by atoms with Crippen LogP contribution in [0.2, 0.25) is 0 Å². The van der Waals surface area contributed by atoms with Crippen LogP contribution in [0.4, 0.5) is 0 Å². The Morgan fingerprint density at radius 2 is 2.05 bits per heavy atom. The van der Waals surface area contributed by atoms with Crippen LogP contribution in [0.1, 0.15) is 18.2 Å². The number of benzene rings is 1. The van der Waals surface area contributed by atoms with Gasteiger partial charge in [0.1, 0.15) is 5.75 Å². The number of hydrogen-bond donors (Lipinski definition) is 1. The van der Waals surface area contributed by atoms with E-state index in [0.717, 1.165) is 34.8 Å². The second-order valence-electron chi connectivity index (χ2n) is 4.60. The molecule has 0 fully saturated rings. The third-order valence-corrected chi connectivity index (χ3v) is 3.01. The zero-order valence-corrected chi connectivity index (χ0v) is 11.8. The monoisotopic (exact) mass is 259 g/mol. The maximum Gasteiger partial charge on any atom is 0.122 e. The molecule has 2 rings (SSSR count). The molecule has 4 heteroatoms. The van der Waals surface area contributed by atoms with Crippen molar-refractivity contribution in [1.82, 2.24) is 9.78 Å². The number of nitrogens with zero attached hydrogens (tertiary/aromatic N) is 2. The molecule has 0 aliphatic heterocycles. The van der Waals surface area contributed by atoms with Crippen LogP contribution in [0.3, 0.4) is 0 Å². The molecule has 0 saturated carbocycles. The molecule has 0 bridgehead atoms. The fourth-order valence-corrected chi connectivity index (χ4v) is 2.20. The second kappa shape index (κ2) is 5.89. The van der Waals surface area contributed by atoms with E-state index >= 15 is 0 Å². The van der Waals surface area contributed by atoms with E-state index in [4.69, 9.17) is 10.5 Å². The maximum absolute atomic E-state index is 5.63. The largest absolute Gasteiger partial charge is 0.494 e. The smallest absolute Gasteiger partial charge is 0.122 e. The topological polar surface area (TPSA) is 53.1 Å². The van der Waals surface area contributed by atoms with Crippen LogP contribution in [0, 0.1) is 13.8 Å². The number of aromatic nitrogens is 2. The minimum atomic E-state index is 0.587. The van der Waals surface area contributed by atoms with Gasteiger partial charge in [0.15, 0.2) is 0 Å². The Labute approximate surface area is 114 Å². The molecule has 0 radical (unpaired) electrons. The van der Waals surface area contributed by atoms with Crippen LogP contribution >= 0.6 is 0 Å². The Balaban J connectivity index is 2.38. The van der Waals surface area contributed by atoms with E-state index in [1.165, 1.54) is 0 Å². The van der Waals surface area contributed by atoms with Crippen LogP contribution in [0.15, 0.2) is 24.3 Å². The lowest BCUT2D eigenvalue weighted by Crippen LogP contribution is -2.12. The first kappa shape index (κ1) is 13.6. The van der Waals surface area contributed by atoms with Crippen molar-refractivity contribution in [1.29, 1.82) is 0 Å². The Kier molecular flexibility index (Phi) is 4.22. The molecule has 0 spiro atoms. The average Bonchev–Trinajstić information content (AvgIpc) is 2.74. The molecule has 4 nitrogen and oxygen atoms in total. The molecule has 1 aromatic carbocycles. The van der Waals surface area contributed by atoms with Gasteiger partial charge < -0.3 is 10.5 Å². The summed E-state index contributed by atoms with van der Waals surface area (Å²) in [5.74, 6) is 0.938. The SMILES string of the molecule is CCOc1ccc(-c2cc(C)nn2CCN)cc1C. The van der Waals surface area contributed by atoms with E-state index in [-0.39, 0.29) is 0 Å². The number of aryl methyl sites for hydroxylation is 2. The lowest BCUT2D eigenvalue weighted by molar-refractivity contribution is 0.338. The number of nitrogens with two attached hydrogens (primary N) is 1. The van der Waals surface area contributed by atoms with Gasteiger partial charge in [0.05, 0.1) is 24.5 Å². The number of hydrogen-bond acceptors (Lipinski definition) is 3. The summed E-state index contributed by atoms with van der Waals surface area (Å²) >= 11 is 0. The second-order valence-corrected chi connectivity index (χ2v) is 4.60. The zero-order chi connectivity index (χ0) is 13.8. The Morgan fingerprint density at radius 3 is 2.68 bits per heavy atom. The number of rotatable bonds is 5. The fraction of sp³-hybridized carbons (Fsp3) is 0.400. The summed E-state index contributed by atoms with van der Waals surface area (Å²) in [6.07, 6.45) is 0. The predicted octanol–water partition coefficient (Wildman–Crippen LogP) is 2.52. The summed E-state index contributed by atoms with van der Waals surface area (Å²) in [5.41, 5.74) is 10.0. The van der Waals surface area contributed by atoms with Crippen molar-refractivity contribution in [3.63, 3.8) is 0 Å². The third kappa shape index (κ3) is 2.96. The molecule has 0 saturated heterocycles. The highest BCUT2D eigenvalue weighted by Crippen LogP contribution is 2.26. The van der Waals surface area contributed by atoms with Crippen LogP contribution in [0.5, 0.6) is 5.75 Å². The van der Waals surface area contributed by atoms with Crippen molar-refractivity contribution in [2.45, 2.75) is 27.3 Å². The summed E-state index contributed by atoms with van der Waals surface area (Å²) in [4.78, 5) is 0. The highest BCUT2D eigenvalue weighted by molar-refractivity contribution is 5.62. The number of ether oxygens (including phenoxy) is 1. The molecule has 2 aromatic rings. The van der Waals surface area contributed by atoms with Crippen LogP contribution in [0.25, 0.3) is 11.3 Å². The highest BCUT2D eigenvalue weighted by Gasteiger charge is 2.09. The molecule has 0 aliphatic carbocycles. The van der Waals surface area contributed by atoms with Gasteiger partial charge in [0.2, 0.25) is 0 Å². The predicted molar refractivity (Wildman–Crippen MR) is 77.4 cm³/mol. The van der Waals surface area contributed by atoms with Crippen molar-refractivity contribution < 1.29 is 4.74 Å². The fourth-order valence-electron chi connectivity index (χ4n) is 2.20. The molecular weight excluding hydrogens is 238 g/mol. The molecule has 102 valence electrons. The molecule has 1 aromatic heterocycles. The zero-order valence-electron chi connectivity index (χ0n) is 11.8. The van der Waals surface area contributed by atoms with Crippen molar-refractivity contribution in [3.05, 3.63) is 35.5 Å². The van der Waals surface area contributed by atoms with Crippen molar-refractivity contribution in [2.24, 2.45) is 5.73 Å². The van der Waals surface area contributed by atoms with Crippen LogP contribution in [-0.4, -0.2) is 22.9 Å². The molecule has 1 heterocycles. The summed E-state index contributed by atoms with van der Waals surface area (Å²) < 4.78 is 7.53. The van der Waals surface area contributed by atoms with Gasteiger partial charge in [-0.25, -0.2) is 0 Å². The van der Waals surface area contributed by atoms with E-state index in [0.29, 0.717) is 13.2 Å². The van der Waals surface area contributed by atoms with Gasteiger partial charge in [-0.15, -0.1) is 0 Å². The van der Waals surface area contributed by atoms with Gasteiger partial charge >= 0.3 is 0 Å². The molecule has 0 amide bonds. The normalized spacial score (nSPS) is 10.7. The Hall–Kier alpha value is -1.81. The maximum atomic E-state index is 5.63. The van der Waals surface area contributed by atoms with Crippen molar-refractivity contribution in [3.8, 4) is 17.0 Å². The molecule has 19 heavy (non-hydrogen) atoms. The van der Waals surface area contributed by atoms with E-state index in [2.05, 4.69) is 30.2 Å². The van der Waals surface area contributed by atoms with E-state index in [1.807, 2.05) is 24.6 Å². The standard InChI is InChI=1S/C15H21N3O/c1-4-19-15-6-5-13(9-11(15)2)14-10-12(3)17-18(14)8-7-16/h5-6,9-10H,4,7-8,16H2,1-3H3. The summed E-state index contributed by atoms with van der Waals surface area (Å²) in [7, 11) is 0. The van der Waals surface area contributed by atoms with Gasteiger partial charge in [0.25, 0.3) is 0 Å². The summed E-state index contributed by atoms with van der Waals surface area (Å²) in [6.45, 7) is 8.06. The van der Waals surface area contributed by atoms with Gasteiger partial charge in [-0.3, -0.25) is 4.68 Å². The lowest BCUT2D eigenvalue weighted by atomic mass is 10.1. The molecular formula is C15H21N3O. The first-order chi connectivity index (χ1) is 9.15. The first-order valence-electron chi connectivity index (χ1n) is 6.64. The van der Waals surface area contributed by atoms with Gasteiger partial charge in [-0.05, 0) is 50.6 Å². The van der Waals surface area contributed by atoms with E-state index in [9.17, 15) is 0 Å². The lowest BCUT2D eigenvalue weighted by Gasteiger charge is -2.10. The van der Waals surface area contributed by atoms with E-state index < -0.39 is 0 Å². The molecule has 0 aliphatic rings. The molecule has 0 unspecified atom stereocenters. The molecule has 0 atom stereocenters. The third-order valence-electron chi connectivity index (χ3n) is 3.01. The van der Waals surface area contributed by atoms with Crippen LogP contribution < -0.4 is 10.5 Å². The minimum Gasteiger partial charge on any atom is -0.494 e. The highest BCUT2D eigenvalue weighted by atomic mass is 16.5. The van der Waals surface area contributed by atoms with Gasteiger partial charge in [-0.1, -0.05) is 0 Å². The van der Waals surface area contributed by atoms with E-state index in [1.54, 1.807) is 0 Å².